The fourth-order valence-corrected chi connectivity index (χ4v) is 1.90. The van der Waals surface area contributed by atoms with Gasteiger partial charge in [-0.2, -0.15) is 5.10 Å². The van der Waals surface area contributed by atoms with Crippen LogP contribution in [0.2, 0.25) is 0 Å². The fourth-order valence-electron chi connectivity index (χ4n) is 1.62. The van der Waals surface area contributed by atoms with E-state index < -0.39 is 0 Å². The second-order valence-corrected chi connectivity index (χ2v) is 3.63. The first-order valence-corrected chi connectivity index (χ1v) is 4.60. The fraction of sp³-hybridized carbons (Fsp3) is 0.625. The molecule has 2 heterocycles. The van der Waals surface area contributed by atoms with Gasteiger partial charge in [0.15, 0.2) is 0 Å². The molecule has 0 spiro atoms. The van der Waals surface area contributed by atoms with Gasteiger partial charge in [0, 0.05) is 25.5 Å². The van der Waals surface area contributed by atoms with Gasteiger partial charge in [0.25, 0.3) is 0 Å². The predicted molar refractivity (Wildman–Crippen MR) is 47.9 cm³/mol. The summed E-state index contributed by atoms with van der Waals surface area (Å²) in [6.07, 6.45) is 6.16. The van der Waals surface area contributed by atoms with Gasteiger partial charge in [0.05, 0.1) is 6.04 Å². The molecule has 1 saturated heterocycles. The lowest BCUT2D eigenvalue weighted by Gasteiger charge is -2.27. The lowest BCUT2D eigenvalue weighted by atomic mass is 10.1. The zero-order chi connectivity index (χ0) is 8.39. The molecule has 66 valence electrons. The Morgan fingerprint density at radius 2 is 2.42 bits per heavy atom. The van der Waals surface area contributed by atoms with Crippen molar-refractivity contribution in [3.8, 4) is 0 Å². The number of hydrogen-bond donors (Lipinski definition) is 0. The molecule has 1 unspecified atom stereocenters. The second-order valence-electron chi connectivity index (χ2n) is 3.15. The zero-order valence-electron chi connectivity index (χ0n) is 6.86. The maximum absolute atomic E-state index is 5.92. The highest BCUT2D eigenvalue weighted by molar-refractivity contribution is 6.13. The van der Waals surface area contributed by atoms with Gasteiger partial charge in [0.1, 0.15) is 0 Å². The zero-order valence-corrected chi connectivity index (χ0v) is 7.61. The largest absolute Gasteiger partial charge is 0.268 e. The summed E-state index contributed by atoms with van der Waals surface area (Å²) in [6.45, 7) is 1.91. The van der Waals surface area contributed by atoms with Crippen LogP contribution in [-0.2, 0) is 0 Å². The van der Waals surface area contributed by atoms with E-state index in [2.05, 4.69) is 5.10 Å². The molecule has 1 aliphatic rings. The SMILES string of the molecule is ClN1CCCC(n2cccn2)C1. The van der Waals surface area contributed by atoms with E-state index in [1.165, 1.54) is 6.42 Å². The number of nitrogens with zero attached hydrogens (tertiary/aromatic N) is 3. The summed E-state index contributed by atoms with van der Waals surface area (Å²) in [5, 5.41) is 4.21. The smallest absolute Gasteiger partial charge is 0.0659 e. The standard InChI is InChI=1S/C8H12ClN3/c9-11-5-1-3-8(7-11)12-6-2-4-10-12/h2,4,6,8H,1,3,5,7H2. The Balaban J connectivity index is 2.04. The van der Waals surface area contributed by atoms with Gasteiger partial charge in [-0.3, -0.25) is 4.68 Å². The second kappa shape index (κ2) is 3.46. The quantitative estimate of drug-likeness (QED) is 0.621. The molecule has 3 nitrogen and oxygen atoms in total. The van der Waals surface area contributed by atoms with Crippen LogP contribution in [0.25, 0.3) is 0 Å². The molecule has 0 bridgehead atoms. The van der Waals surface area contributed by atoms with E-state index in [9.17, 15) is 0 Å². The monoisotopic (exact) mass is 185 g/mol. The first-order chi connectivity index (χ1) is 5.86. The molecule has 4 heteroatoms. The maximum atomic E-state index is 5.92. The Kier molecular flexibility index (Phi) is 2.33. The highest BCUT2D eigenvalue weighted by atomic mass is 35.5. The molecule has 1 fully saturated rings. The van der Waals surface area contributed by atoms with Crippen molar-refractivity contribution in [3.05, 3.63) is 18.5 Å². The van der Waals surface area contributed by atoms with E-state index in [0.29, 0.717) is 6.04 Å². The molecule has 0 saturated carbocycles. The minimum Gasteiger partial charge on any atom is -0.268 e. The van der Waals surface area contributed by atoms with Gasteiger partial charge in [-0.25, -0.2) is 4.42 Å². The minimum atomic E-state index is 0.464. The van der Waals surface area contributed by atoms with Crippen LogP contribution in [0.15, 0.2) is 18.5 Å². The molecular weight excluding hydrogens is 174 g/mol. The molecule has 0 amide bonds. The number of aromatic nitrogens is 2. The number of rotatable bonds is 1. The molecule has 1 aromatic heterocycles. The van der Waals surface area contributed by atoms with E-state index >= 15 is 0 Å². The third kappa shape index (κ3) is 1.62. The van der Waals surface area contributed by atoms with Crippen LogP contribution < -0.4 is 0 Å². The molecule has 1 atom stereocenters. The Labute approximate surface area is 77.0 Å². The summed E-state index contributed by atoms with van der Waals surface area (Å²) in [5.41, 5.74) is 0. The number of hydrogen-bond acceptors (Lipinski definition) is 2. The highest BCUT2D eigenvalue weighted by Gasteiger charge is 2.19. The molecule has 1 aliphatic heterocycles. The maximum Gasteiger partial charge on any atom is 0.0659 e. The molecule has 12 heavy (non-hydrogen) atoms. The highest BCUT2D eigenvalue weighted by Crippen LogP contribution is 2.21. The molecule has 0 aromatic carbocycles. The van der Waals surface area contributed by atoms with Gasteiger partial charge >= 0.3 is 0 Å². The summed E-state index contributed by atoms with van der Waals surface area (Å²) in [6, 6.07) is 2.42. The van der Waals surface area contributed by atoms with Crippen molar-refractivity contribution in [1.82, 2.24) is 14.2 Å². The molecule has 0 aliphatic carbocycles. The normalized spacial score (nSPS) is 25.9. The van der Waals surface area contributed by atoms with Gasteiger partial charge in [-0.15, -0.1) is 0 Å². The van der Waals surface area contributed by atoms with Crippen LogP contribution >= 0.6 is 11.8 Å². The van der Waals surface area contributed by atoms with E-state index in [0.717, 1.165) is 19.5 Å². The van der Waals surface area contributed by atoms with Gasteiger partial charge in [-0.05, 0) is 30.7 Å². The Morgan fingerprint density at radius 1 is 1.50 bits per heavy atom. The lowest BCUT2D eigenvalue weighted by Crippen LogP contribution is -2.30. The van der Waals surface area contributed by atoms with Gasteiger partial charge in [-0.1, -0.05) is 0 Å². The first-order valence-electron chi connectivity index (χ1n) is 4.26. The van der Waals surface area contributed by atoms with E-state index in [-0.39, 0.29) is 0 Å². The topological polar surface area (TPSA) is 21.1 Å². The molecule has 0 N–H and O–H groups in total. The van der Waals surface area contributed by atoms with Crippen molar-refractivity contribution in [2.75, 3.05) is 13.1 Å². The van der Waals surface area contributed by atoms with Crippen LogP contribution in [0.3, 0.4) is 0 Å². The molecule has 2 rings (SSSR count). The van der Waals surface area contributed by atoms with Crippen LogP contribution in [0.5, 0.6) is 0 Å². The van der Waals surface area contributed by atoms with Gasteiger partial charge in [0.2, 0.25) is 0 Å². The third-order valence-electron chi connectivity index (χ3n) is 2.25. The molecule has 0 radical (unpaired) electrons. The van der Waals surface area contributed by atoms with Crippen molar-refractivity contribution in [2.24, 2.45) is 0 Å². The summed E-state index contributed by atoms with van der Waals surface area (Å²) in [5.74, 6) is 0. The number of piperidine rings is 1. The van der Waals surface area contributed by atoms with Crippen LogP contribution in [-0.4, -0.2) is 27.3 Å². The third-order valence-corrected chi connectivity index (χ3v) is 2.55. The first kappa shape index (κ1) is 8.08. The average Bonchev–Trinajstić information content (AvgIpc) is 2.56. The summed E-state index contributed by atoms with van der Waals surface area (Å²) >= 11 is 5.92. The lowest BCUT2D eigenvalue weighted by molar-refractivity contribution is 0.262. The van der Waals surface area contributed by atoms with Crippen molar-refractivity contribution >= 4 is 11.8 Å². The molecule has 1 aromatic rings. The van der Waals surface area contributed by atoms with Gasteiger partial charge < -0.3 is 0 Å². The van der Waals surface area contributed by atoms with E-state index in [4.69, 9.17) is 11.8 Å². The Morgan fingerprint density at radius 3 is 3.08 bits per heavy atom. The number of halogens is 1. The van der Waals surface area contributed by atoms with E-state index in [1.807, 2.05) is 27.6 Å². The molecular formula is C8H12ClN3. The van der Waals surface area contributed by atoms with Crippen molar-refractivity contribution in [1.29, 1.82) is 0 Å². The van der Waals surface area contributed by atoms with Crippen LogP contribution in [0, 0.1) is 0 Å². The Hall–Kier alpha value is -0.540. The summed E-state index contributed by atoms with van der Waals surface area (Å²) < 4.78 is 3.84. The summed E-state index contributed by atoms with van der Waals surface area (Å²) in [7, 11) is 0. The van der Waals surface area contributed by atoms with Crippen molar-refractivity contribution in [2.45, 2.75) is 18.9 Å². The summed E-state index contributed by atoms with van der Waals surface area (Å²) in [4.78, 5) is 0. The minimum absolute atomic E-state index is 0.464. The average molecular weight is 186 g/mol. The Bertz CT molecular complexity index is 234. The van der Waals surface area contributed by atoms with Crippen LogP contribution in [0.1, 0.15) is 18.9 Å². The van der Waals surface area contributed by atoms with Crippen molar-refractivity contribution in [3.63, 3.8) is 0 Å². The van der Waals surface area contributed by atoms with Crippen molar-refractivity contribution < 1.29 is 0 Å². The van der Waals surface area contributed by atoms with Crippen LogP contribution in [0.4, 0.5) is 0 Å². The predicted octanol–water partition coefficient (Wildman–Crippen LogP) is 1.67. The van der Waals surface area contributed by atoms with E-state index in [1.54, 1.807) is 0 Å².